The lowest BCUT2D eigenvalue weighted by atomic mass is 9.84. The van der Waals surface area contributed by atoms with Crippen LogP contribution in [0.3, 0.4) is 0 Å². The molecule has 0 aliphatic rings. The van der Waals surface area contributed by atoms with E-state index in [9.17, 15) is 0 Å². The first-order valence-corrected chi connectivity index (χ1v) is 5.18. The zero-order chi connectivity index (χ0) is 11.4. The van der Waals surface area contributed by atoms with E-state index in [0.29, 0.717) is 5.92 Å². The van der Waals surface area contributed by atoms with E-state index in [1.165, 1.54) is 11.8 Å². The van der Waals surface area contributed by atoms with Gasteiger partial charge in [-0.1, -0.05) is 46.8 Å². The van der Waals surface area contributed by atoms with Crippen LogP contribution < -0.4 is 0 Å². The molecule has 0 aliphatic heterocycles. The van der Waals surface area contributed by atoms with Crippen molar-refractivity contribution in [2.45, 2.75) is 41.5 Å². The van der Waals surface area contributed by atoms with Crippen molar-refractivity contribution in [1.82, 2.24) is 0 Å². The van der Waals surface area contributed by atoms with Crippen LogP contribution in [0, 0.1) is 16.7 Å². The molecule has 0 amide bonds. The summed E-state index contributed by atoms with van der Waals surface area (Å²) in [6.45, 7) is 12.9. The summed E-state index contributed by atoms with van der Waals surface area (Å²) < 4.78 is 0. The van der Waals surface area contributed by atoms with Gasteiger partial charge in [-0.05, 0) is 29.4 Å². The lowest BCUT2D eigenvalue weighted by Crippen LogP contribution is -2.09. The molecule has 0 atom stereocenters. The Morgan fingerprint density at radius 2 is 1.71 bits per heavy atom. The monoisotopic (exact) mass is 193 g/mol. The van der Waals surface area contributed by atoms with Crippen molar-refractivity contribution in [1.29, 1.82) is 5.41 Å². The highest BCUT2D eigenvalue weighted by Gasteiger charge is 2.15. The average molecular weight is 193 g/mol. The molecule has 0 aromatic heterocycles. The molecule has 0 heterocycles. The summed E-state index contributed by atoms with van der Waals surface area (Å²) >= 11 is 0. The minimum absolute atomic E-state index is 0.161. The van der Waals surface area contributed by atoms with Crippen LogP contribution in [0.15, 0.2) is 23.3 Å². The minimum atomic E-state index is 0.161. The molecular weight excluding hydrogens is 170 g/mol. The van der Waals surface area contributed by atoms with Crippen LogP contribution in [0.25, 0.3) is 0 Å². The zero-order valence-electron chi connectivity index (χ0n) is 10.3. The third-order valence-electron chi connectivity index (χ3n) is 1.99. The highest BCUT2D eigenvalue weighted by Crippen LogP contribution is 2.28. The van der Waals surface area contributed by atoms with Crippen molar-refractivity contribution in [3.05, 3.63) is 23.3 Å². The molecule has 0 spiro atoms. The fourth-order valence-corrected chi connectivity index (χ4v) is 1.16. The number of hydrogen-bond donors (Lipinski definition) is 1. The maximum atomic E-state index is 7.17. The van der Waals surface area contributed by atoms with Gasteiger partial charge in [0.2, 0.25) is 0 Å². The second kappa shape index (κ2) is 5.14. The Morgan fingerprint density at radius 3 is 2.00 bits per heavy atom. The zero-order valence-corrected chi connectivity index (χ0v) is 10.3. The van der Waals surface area contributed by atoms with E-state index in [2.05, 4.69) is 46.8 Å². The van der Waals surface area contributed by atoms with Crippen LogP contribution in [0.1, 0.15) is 41.5 Å². The van der Waals surface area contributed by atoms with E-state index in [-0.39, 0.29) is 5.41 Å². The van der Waals surface area contributed by atoms with Crippen LogP contribution in [-0.2, 0) is 0 Å². The molecule has 0 aliphatic carbocycles. The molecule has 0 radical (unpaired) electrons. The largest absolute Gasteiger partial charge is 0.308 e. The molecule has 0 bridgehead atoms. The van der Waals surface area contributed by atoms with E-state index < -0.39 is 0 Å². The molecule has 0 rings (SSSR count). The third kappa shape index (κ3) is 5.00. The molecule has 0 aromatic rings. The molecule has 0 saturated heterocycles. The Hall–Kier alpha value is -0.850. The minimum Gasteiger partial charge on any atom is -0.308 e. The number of nitrogens with one attached hydrogen (secondary N) is 1. The number of hydrogen-bond acceptors (Lipinski definition) is 1. The highest BCUT2D eigenvalue weighted by molar-refractivity contribution is 5.75. The van der Waals surface area contributed by atoms with Crippen LogP contribution in [0.2, 0.25) is 0 Å². The predicted octanol–water partition coefficient (Wildman–Crippen LogP) is 4.21. The quantitative estimate of drug-likeness (QED) is 0.513. The molecule has 0 saturated carbocycles. The van der Waals surface area contributed by atoms with E-state index in [1.807, 2.05) is 6.92 Å². The Morgan fingerprint density at radius 1 is 1.21 bits per heavy atom. The lowest BCUT2D eigenvalue weighted by molar-refractivity contribution is 0.510. The van der Waals surface area contributed by atoms with Gasteiger partial charge in [-0.3, -0.25) is 0 Å². The van der Waals surface area contributed by atoms with Gasteiger partial charge in [0.15, 0.2) is 0 Å². The van der Waals surface area contributed by atoms with Gasteiger partial charge in [0, 0.05) is 6.21 Å². The Balaban J connectivity index is 5.04. The second-order valence-corrected chi connectivity index (χ2v) is 5.15. The smallest absolute Gasteiger partial charge is 0.0207 e. The number of rotatable bonds is 3. The highest BCUT2D eigenvalue weighted by atomic mass is 14.3. The molecule has 1 heteroatoms. The van der Waals surface area contributed by atoms with Crippen LogP contribution in [0.5, 0.6) is 0 Å². The van der Waals surface area contributed by atoms with Gasteiger partial charge in [-0.15, -0.1) is 0 Å². The summed E-state index contributed by atoms with van der Waals surface area (Å²) in [5.74, 6) is 0.555. The normalized spacial score (nSPS) is 14.8. The van der Waals surface area contributed by atoms with Crippen molar-refractivity contribution < 1.29 is 0 Å². The van der Waals surface area contributed by atoms with Crippen molar-refractivity contribution in [2.24, 2.45) is 11.3 Å². The molecule has 0 aromatic carbocycles. The van der Waals surface area contributed by atoms with Gasteiger partial charge < -0.3 is 5.41 Å². The molecule has 1 N–H and O–H groups in total. The number of allylic oxidation sites excluding steroid dienone is 4. The van der Waals surface area contributed by atoms with Gasteiger partial charge in [0.05, 0.1) is 0 Å². The molecule has 14 heavy (non-hydrogen) atoms. The topological polar surface area (TPSA) is 23.9 Å². The summed E-state index contributed by atoms with van der Waals surface area (Å²) in [6.07, 6.45) is 5.78. The van der Waals surface area contributed by atoms with Crippen molar-refractivity contribution in [3.63, 3.8) is 0 Å². The van der Waals surface area contributed by atoms with Crippen LogP contribution in [0.4, 0.5) is 0 Å². The van der Waals surface area contributed by atoms with Gasteiger partial charge in [-0.25, -0.2) is 0 Å². The fourth-order valence-electron chi connectivity index (χ4n) is 1.16. The Bertz CT molecular complexity index is 249. The molecule has 0 unspecified atom stereocenters. The molecule has 80 valence electrons. The maximum absolute atomic E-state index is 7.17. The van der Waals surface area contributed by atoms with E-state index in [0.717, 1.165) is 5.57 Å². The maximum Gasteiger partial charge on any atom is 0.0207 e. The lowest BCUT2D eigenvalue weighted by Gasteiger charge is -2.22. The Labute approximate surface area is 88.4 Å². The van der Waals surface area contributed by atoms with Crippen LogP contribution >= 0.6 is 0 Å². The summed E-state index contributed by atoms with van der Waals surface area (Å²) in [6, 6.07) is 0. The molecule has 0 fully saturated rings. The summed E-state index contributed by atoms with van der Waals surface area (Å²) in [4.78, 5) is 0. The first-order valence-electron chi connectivity index (χ1n) is 5.18. The van der Waals surface area contributed by atoms with Gasteiger partial charge >= 0.3 is 0 Å². The van der Waals surface area contributed by atoms with E-state index >= 15 is 0 Å². The van der Waals surface area contributed by atoms with Crippen molar-refractivity contribution in [2.75, 3.05) is 0 Å². The summed E-state index contributed by atoms with van der Waals surface area (Å²) in [5, 5.41) is 7.17. The first kappa shape index (κ1) is 13.2. The van der Waals surface area contributed by atoms with Gasteiger partial charge in [0.1, 0.15) is 0 Å². The second-order valence-electron chi connectivity index (χ2n) is 5.15. The first-order chi connectivity index (χ1) is 6.27. The summed E-state index contributed by atoms with van der Waals surface area (Å²) in [5.41, 5.74) is 2.48. The van der Waals surface area contributed by atoms with Crippen molar-refractivity contribution in [3.8, 4) is 0 Å². The van der Waals surface area contributed by atoms with Crippen LogP contribution in [-0.4, -0.2) is 6.21 Å². The van der Waals surface area contributed by atoms with E-state index in [1.54, 1.807) is 0 Å². The van der Waals surface area contributed by atoms with Gasteiger partial charge in [0.25, 0.3) is 0 Å². The third-order valence-corrected chi connectivity index (χ3v) is 1.99. The predicted molar refractivity (Wildman–Crippen MR) is 64.9 cm³/mol. The SMILES string of the molecule is C/C(C=N)=C/C(=CC(C)C)C(C)(C)C. The standard InChI is InChI=1S/C13H23N/c1-10(2)7-12(13(4,5)6)8-11(3)9-14/h7-10,14H,1-6H3/b11-8-,12-7?,14-9?. The fraction of sp³-hybridized carbons (Fsp3) is 0.615. The van der Waals surface area contributed by atoms with E-state index in [4.69, 9.17) is 5.41 Å². The van der Waals surface area contributed by atoms with Crippen molar-refractivity contribution >= 4 is 6.21 Å². The Kier molecular flexibility index (Phi) is 4.82. The average Bonchev–Trinajstić information content (AvgIpc) is 2.00. The molecule has 1 nitrogen and oxygen atoms in total. The summed E-state index contributed by atoms with van der Waals surface area (Å²) in [7, 11) is 0. The molecular formula is C13H23N. The van der Waals surface area contributed by atoms with Gasteiger partial charge in [-0.2, -0.15) is 0 Å².